The highest BCUT2D eigenvalue weighted by Crippen LogP contribution is 2.33. The Kier molecular flexibility index (Phi) is 4.87. The van der Waals surface area contributed by atoms with E-state index in [1.54, 1.807) is 0 Å². The summed E-state index contributed by atoms with van der Waals surface area (Å²) in [5.74, 6) is -0.487. The third-order valence-electron chi connectivity index (χ3n) is 3.26. The van der Waals surface area contributed by atoms with E-state index in [4.69, 9.17) is 4.74 Å². The summed E-state index contributed by atoms with van der Waals surface area (Å²) in [7, 11) is 0. The lowest BCUT2D eigenvalue weighted by atomic mass is 10.1. The minimum absolute atomic E-state index is 0.00341. The lowest BCUT2D eigenvalue weighted by molar-refractivity contribution is -0.385. The zero-order chi connectivity index (χ0) is 17.9. The number of Topliss-reactive ketones (excluding diaryl/α,β-unsaturated/α-hetero) is 1. The molecule has 24 heavy (non-hydrogen) atoms. The summed E-state index contributed by atoms with van der Waals surface area (Å²) in [4.78, 5) is 21.6. The van der Waals surface area contributed by atoms with Crippen molar-refractivity contribution in [2.24, 2.45) is 0 Å². The number of ketones is 1. The predicted molar refractivity (Wildman–Crippen MR) is 78.9 cm³/mol. The lowest BCUT2D eigenvalue weighted by Gasteiger charge is -2.13. The predicted octanol–water partition coefficient (Wildman–Crippen LogP) is 4.40. The fourth-order valence-electron chi connectivity index (χ4n) is 2.13. The number of halogens is 3. The summed E-state index contributed by atoms with van der Waals surface area (Å²) >= 11 is 0. The molecule has 0 aliphatic carbocycles. The fraction of sp³-hybridized carbons (Fsp3) is 0.188. The van der Waals surface area contributed by atoms with E-state index in [1.165, 1.54) is 37.3 Å². The molecule has 0 aliphatic heterocycles. The van der Waals surface area contributed by atoms with Gasteiger partial charge >= 0.3 is 6.18 Å². The molecule has 0 aliphatic rings. The fourth-order valence-corrected chi connectivity index (χ4v) is 2.13. The largest absolute Gasteiger partial charge is 0.489 e. The van der Waals surface area contributed by atoms with Gasteiger partial charge < -0.3 is 4.74 Å². The standard InChI is InChI=1S/C16H12F3NO4/c1-10(21)13-7-6-12(8-15(13)20(22)23)24-9-11-4-2-3-5-14(11)16(17,18)19/h2-8H,9H2,1H3. The Bertz CT molecular complexity index is 787. The summed E-state index contributed by atoms with van der Waals surface area (Å²) < 4.78 is 43.9. The van der Waals surface area contributed by atoms with Crippen molar-refractivity contribution in [2.75, 3.05) is 0 Å². The molecule has 0 saturated heterocycles. The molecule has 0 spiro atoms. The molecule has 0 bridgehead atoms. The quantitative estimate of drug-likeness (QED) is 0.460. The van der Waals surface area contributed by atoms with E-state index < -0.39 is 34.7 Å². The Morgan fingerprint density at radius 2 is 1.88 bits per heavy atom. The summed E-state index contributed by atoms with van der Waals surface area (Å²) in [5, 5.41) is 11.0. The Labute approximate surface area is 134 Å². The van der Waals surface area contributed by atoms with Crippen LogP contribution in [0.25, 0.3) is 0 Å². The molecule has 2 aromatic carbocycles. The molecule has 126 valence electrons. The van der Waals surface area contributed by atoms with Crippen molar-refractivity contribution in [2.45, 2.75) is 19.7 Å². The molecule has 0 radical (unpaired) electrons. The molecule has 0 fully saturated rings. The van der Waals surface area contributed by atoms with Gasteiger partial charge in [-0.1, -0.05) is 18.2 Å². The van der Waals surface area contributed by atoms with Gasteiger partial charge in [0, 0.05) is 5.56 Å². The highest BCUT2D eigenvalue weighted by molar-refractivity contribution is 5.98. The molecule has 0 N–H and O–H groups in total. The maximum atomic E-state index is 12.9. The molecular weight excluding hydrogens is 327 g/mol. The SMILES string of the molecule is CC(=O)c1ccc(OCc2ccccc2C(F)(F)F)cc1[N+](=O)[O-]. The van der Waals surface area contributed by atoms with Crippen LogP contribution >= 0.6 is 0 Å². The number of rotatable bonds is 5. The van der Waals surface area contributed by atoms with Crippen LogP contribution < -0.4 is 4.74 Å². The van der Waals surface area contributed by atoms with Crippen LogP contribution in [0.1, 0.15) is 28.4 Å². The number of hydrogen-bond donors (Lipinski definition) is 0. The molecule has 0 saturated carbocycles. The summed E-state index contributed by atoms with van der Waals surface area (Å²) in [6.07, 6.45) is -4.52. The number of alkyl halides is 3. The normalized spacial score (nSPS) is 11.2. The summed E-state index contributed by atoms with van der Waals surface area (Å²) in [6, 6.07) is 8.44. The van der Waals surface area contributed by atoms with Gasteiger partial charge in [0.25, 0.3) is 5.69 Å². The first-order valence-electron chi connectivity index (χ1n) is 6.77. The third kappa shape index (κ3) is 3.89. The van der Waals surface area contributed by atoms with Gasteiger partial charge in [-0.25, -0.2) is 0 Å². The van der Waals surface area contributed by atoms with E-state index in [9.17, 15) is 28.1 Å². The van der Waals surface area contributed by atoms with Gasteiger partial charge in [-0.2, -0.15) is 13.2 Å². The van der Waals surface area contributed by atoms with Crippen LogP contribution in [0.2, 0.25) is 0 Å². The summed E-state index contributed by atoms with van der Waals surface area (Å²) in [6.45, 7) is 0.773. The smallest absolute Gasteiger partial charge is 0.416 e. The molecule has 0 atom stereocenters. The van der Waals surface area contributed by atoms with Crippen LogP contribution in [0.4, 0.5) is 18.9 Å². The molecule has 8 heteroatoms. The highest BCUT2D eigenvalue weighted by Gasteiger charge is 2.33. The summed E-state index contributed by atoms with van der Waals surface area (Å²) in [5.41, 5.74) is -1.48. The van der Waals surface area contributed by atoms with Gasteiger partial charge in [0.05, 0.1) is 22.1 Å². The van der Waals surface area contributed by atoms with E-state index in [2.05, 4.69) is 0 Å². The van der Waals surface area contributed by atoms with Crippen LogP contribution in [0, 0.1) is 10.1 Å². The van der Waals surface area contributed by atoms with E-state index in [1.807, 2.05) is 0 Å². The average molecular weight is 339 g/mol. The van der Waals surface area contributed by atoms with Crippen molar-refractivity contribution < 1.29 is 27.6 Å². The number of ether oxygens (including phenoxy) is 1. The van der Waals surface area contributed by atoms with Gasteiger partial charge in [0.15, 0.2) is 5.78 Å². The second-order valence-corrected chi connectivity index (χ2v) is 4.94. The monoisotopic (exact) mass is 339 g/mol. The molecule has 0 aromatic heterocycles. The van der Waals surface area contributed by atoms with Gasteiger partial charge in [-0.3, -0.25) is 14.9 Å². The van der Waals surface area contributed by atoms with Crippen LogP contribution in [0.5, 0.6) is 5.75 Å². The van der Waals surface area contributed by atoms with Crippen LogP contribution in [0.15, 0.2) is 42.5 Å². The number of carbonyl (C=O) groups excluding carboxylic acids is 1. The highest BCUT2D eigenvalue weighted by atomic mass is 19.4. The van der Waals surface area contributed by atoms with Crippen molar-refractivity contribution >= 4 is 11.5 Å². The first-order chi connectivity index (χ1) is 11.2. The van der Waals surface area contributed by atoms with Crippen LogP contribution in [-0.4, -0.2) is 10.7 Å². The van der Waals surface area contributed by atoms with Crippen molar-refractivity contribution in [3.8, 4) is 5.75 Å². The number of nitro groups is 1. The zero-order valence-corrected chi connectivity index (χ0v) is 12.5. The molecule has 0 unspecified atom stereocenters. The number of benzene rings is 2. The number of nitrogens with zero attached hydrogens (tertiary/aromatic N) is 1. The number of carbonyl (C=O) groups is 1. The van der Waals surface area contributed by atoms with E-state index in [0.29, 0.717) is 0 Å². The van der Waals surface area contributed by atoms with Crippen molar-refractivity contribution in [3.63, 3.8) is 0 Å². The van der Waals surface area contributed by atoms with Gasteiger partial charge in [0.2, 0.25) is 0 Å². The lowest BCUT2D eigenvalue weighted by Crippen LogP contribution is -2.10. The minimum atomic E-state index is -4.52. The molecular formula is C16H12F3NO4. The van der Waals surface area contributed by atoms with E-state index >= 15 is 0 Å². The first kappa shape index (κ1) is 17.5. The minimum Gasteiger partial charge on any atom is -0.489 e. The molecule has 2 rings (SSSR count). The molecule has 0 heterocycles. The Balaban J connectivity index is 2.27. The Morgan fingerprint density at radius 1 is 1.21 bits per heavy atom. The van der Waals surface area contributed by atoms with Crippen molar-refractivity contribution in [1.29, 1.82) is 0 Å². The second kappa shape index (κ2) is 6.69. The van der Waals surface area contributed by atoms with Crippen molar-refractivity contribution in [1.82, 2.24) is 0 Å². The third-order valence-corrected chi connectivity index (χ3v) is 3.26. The van der Waals surface area contributed by atoms with Gasteiger partial charge in [-0.05, 0) is 25.1 Å². The number of hydrogen-bond acceptors (Lipinski definition) is 4. The van der Waals surface area contributed by atoms with E-state index in [-0.39, 0.29) is 16.9 Å². The first-order valence-corrected chi connectivity index (χ1v) is 6.77. The van der Waals surface area contributed by atoms with Crippen LogP contribution in [0.3, 0.4) is 0 Å². The topological polar surface area (TPSA) is 69.4 Å². The molecule has 2 aromatic rings. The maximum Gasteiger partial charge on any atom is 0.416 e. The van der Waals surface area contributed by atoms with Crippen molar-refractivity contribution in [3.05, 3.63) is 69.3 Å². The maximum absolute atomic E-state index is 12.9. The Hall–Kier alpha value is -2.90. The molecule has 0 amide bonds. The average Bonchev–Trinajstić information content (AvgIpc) is 2.51. The van der Waals surface area contributed by atoms with Gasteiger partial charge in [-0.15, -0.1) is 0 Å². The van der Waals surface area contributed by atoms with Gasteiger partial charge in [0.1, 0.15) is 12.4 Å². The second-order valence-electron chi connectivity index (χ2n) is 4.94. The van der Waals surface area contributed by atoms with E-state index in [0.717, 1.165) is 12.1 Å². The number of nitro benzene ring substituents is 1. The Morgan fingerprint density at radius 3 is 2.46 bits per heavy atom. The zero-order valence-electron chi connectivity index (χ0n) is 12.5. The molecule has 5 nitrogen and oxygen atoms in total. The van der Waals surface area contributed by atoms with Crippen LogP contribution in [-0.2, 0) is 12.8 Å².